The van der Waals surface area contributed by atoms with E-state index in [1.165, 1.54) is 18.2 Å². The molecule has 0 aromatic heterocycles. The van der Waals surface area contributed by atoms with E-state index in [0.717, 1.165) is 30.0 Å². The van der Waals surface area contributed by atoms with Crippen molar-refractivity contribution in [3.05, 3.63) is 59.7 Å². The fourth-order valence-corrected chi connectivity index (χ4v) is 8.08. The van der Waals surface area contributed by atoms with Crippen molar-refractivity contribution in [1.82, 2.24) is 0 Å². The third-order valence-corrected chi connectivity index (χ3v) is 15.7. The van der Waals surface area contributed by atoms with Gasteiger partial charge in [-0.25, -0.2) is 4.79 Å². The maximum atomic E-state index is 13.5. The number of esters is 1. The second-order valence-electron chi connectivity index (χ2n) is 24.3. The molecule has 0 bridgehead atoms. The second-order valence-corrected chi connectivity index (χ2v) is 24.3. The van der Waals surface area contributed by atoms with Gasteiger partial charge in [0.1, 0.15) is 17.8 Å². The van der Waals surface area contributed by atoms with Crippen LogP contribution in [0.2, 0.25) is 0 Å². The lowest BCUT2D eigenvalue weighted by Crippen LogP contribution is -2.48. The molecule has 0 fully saturated rings. The first-order chi connectivity index (χ1) is 35.0. The summed E-state index contributed by atoms with van der Waals surface area (Å²) in [6, 6.07) is 7.77. The third kappa shape index (κ3) is 24.5. The van der Waals surface area contributed by atoms with Crippen LogP contribution in [0.1, 0.15) is 214 Å². The largest absolute Gasteiger partial charge is 0.460 e. The van der Waals surface area contributed by atoms with Crippen LogP contribution in [0.15, 0.2) is 48.6 Å². The first-order valence-electron chi connectivity index (χ1n) is 28.2. The Bertz CT molecular complexity index is 2020. The summed E-state index contributed by atoms with van der Waals surface area (Å²) in [5.41, 5.74) is -3.55. The molecule has 13 nitrogen and oxygen atoms in total. The van der Waals surface area contributed by atoms with E-state index in [1.54, 1.807) is 41.5 Å². The topological polar surface area (TPSA) is 167 Å². The minimum Gasteiger partial charge on any atom is -0.460 e. The molecule has 0 saturated heterocycles. The van der Waals surface area contributed by atoms with Gasteiger partial charge < -0.3 is 33.2 Å². The zero-order valence-electron chi connectivity index (χ0n) is 51.0. The molecule has 0 saturated carbocycles. The van der Waals surface area contributed by atoms with Crippen molar-refractivity contribution < 1.29 is 61.9 Å². The SMILES string of the molecule is CCC(C)OC(C)CCC(=O)/C=C/C(=O)C(C)(CC)C(C)(C)OCCC(C)CCC(=O)C(C)(C)OCc1ccc(COC(C)(C)C(=O)CCC(C)CCOC(C)(C)C(C)(C)C(=O)/C=C/C(=O)OCC(C)OC(C)C)cc1. The quantitative estimate of drug-likeness (QED) is 0.0449. The Morgan fingerprint density at radius 1 is 0.500 bits per heavy atom. The number of allylic oxidation sites excluding steroid dienone is 3. The molecule has 13 heteroatoms. The number of rotatable bonds is 41. The van der Waals surface area contributed by atoms with Gasteiger partial charge in [-0.1, -0.05) is 52.0 Å². The van der Waals surface area contributed by atoms with Crippen LogP contribution in [-0.4, -0.2) is 102 Å². The molecule has 0 heterocycles. The first-order valence-corrected chi connectivity index (χ1v) is 28.2. The molecular formula is C63H104O13. The van der Waals surface area contributed by atoms with Crippen LogP contribution in [0.25, 0.3) is 0 Å². The Kier molecular flexibility index (Phi) is 29.9. The molecule has 1 aromatic rings. The fraction of sp³-hybridized carbons (Fsp3) is 0.746. The average Bonchev–Trinajstić information content (AvgIpc) is 3.34. The minimum absolute atomic E-state index is 0.00958. The summed E-state index contributed by atoms with van der Waals surface area (Å²) in [6.07, 6.45) is 10.9. The van der Waals surface area contributed by atoms with Gasteiger partial charge in [0.15, 0.2) is 28.9 Å². The van der Waals surface area contributed by atoms with Gasteiger partial charge in [0.05, 0.1) is 59.7 Å². The molecule has 76 heavy (non-hydrogen) atoms. The van der Waals surface area contributed by atoms with Gasteiger partial charge in [-0.05, 0) is 197 Å². The molecule has 0 spiro atoms. The number of Topliss-reactive ketones (excluding diaryl/α,β-unsaturated/α-hetero) is 2. The first kappa shape index (κ1) is 70.3. The van der Waals surface area contributed by atoms with Gasteiger partial charge in [-0.15, -0.1) is 0 Å². The van der Waals surface area contributed by atoms with Crippen LogP contribution in [-0.2, 0) is 75.1 Å². The van der Waals surface area contributed by atoms with Crippen LogP contribution in [0.3, 0.4) is 0 Å². The molecule has 1 rings (SSSR count). The molecule has 6 atom stereocenters. The van der Waals surface area contributed by atoms with Crippen molar-refractivity contribution in [2.45, 2.75) is 263 Å². The zero-order valence-corrected chi connectivity index (χ0v) is 51.0. The summed E-state index contributed by atoms with van der Waals surface area (Å²) in [7, 11) is 0. The standard InChI is InChI=1S/C63H104O13/c1-21-47(7)76-48(8)25-30-52(64)31-34-56(68)63(20,22-2)62(18,19)72-40-38-46(6)24-33-55(67)60(14,15)74-43-51-28-26-50(27-29-51)42-73-59(12,13)54(66)32-23-45(5)37-39-71-61(16,17)58(10,11)53(65)35-36-57(69)70-41-49(9)75-44(3)4/h26-29,31,34-36,44-49H,21-25,30,32-33,37-43H2,1-20H3/b34-31+,36-35+. The Morgan fingerprint density at radius 2 is 0.961 bits per heavy atom. The van der Waals surface area contributed by atoms with Crippen molar-refractivity contribution in [2.75, 3.05) is 19.8 Å². The summed E-state index contributed by atoms with van der Waals surface area (Å²) in [6.45, 7) is 39.5. The Morgan fingerprint density at radius 3 is 1.41 bits per heavy atom. The molecule has 1 aromatic carbocycles. The third-order valence-electron chi connectivity index (χ3n) is 15.7. The number of benzene rings is 1. The number of hydrogen-bond donors (Lipinski definition) is 0. The van der Waals surface area contributed by atoms with Crippen molar-refractivity contribution in [2.24, 2.45) is 22.7 Å². The fourth-order valence-electron chi connectivity index (χ4n) is 8.08. The smallest absolute Gasteiger partial charge is 0.330 e. The molecule has 6 unspecified atom stereocenters. The van der Waals surface area contributed by atoms with Gasteiger partial charge in [-0.3, -0.25) is 24.0 Å². The molecule has 0 radical (unpaired) electrons. The highest BCUT2D eigenvalue weighted by molar-refractivity contribution is 6.02. The van der Waals surface area contributed by atoms with Crippen LogP contribution in [0, 0.1) is 22.7 Å². The Labute approximate surface area is 460 Å². The van der Waals surface area contributed by atoms with E-state index in [0.29, 0.717) is 64.6 Å². The lowest BCUT2D eigenvalue weighted by molar-refractivity contribution is -0.148. The van der Waals surface area contributed by atoms with Gasteiger partial charge in [0.2, 0.25) is 0 Å². The van der Waals surface area contributed by atoms with Gasteiger partial charge in [0.25, 0.3) is 0 Å². The normalized spacial score (nSPS) is 15.9. The van der Waals surface area contributed by atoms with E-state index < -0.39 is 39.2 Å². The van der Waals surface area contributed by atoms with Crippen molar-refractivity contribution >= 4 is 34.9 Å². The number of carbonyl (C=O) groups is 6. The molecule has 0 aliphatic rings. The van der Waals surface area contributed by atoms with Gasteiger partial charge in [0, 0.05) is 38.6 Å². The maximum Gasteiger partial charge on any atom is 0.330 e. The molecular weight excluding hydrogens is 965 g/mol. The number of ether oxygens (including phenoxy) is 7. The van der Waals surface area contributed by atoms with E-state index in [9.17, 15) is 28.8 Å². The monoisotopic (exact) mass is 1070 g/mol. The minimum atomic E-state index is -0.990. The van der Waals surface area contributed by atoms with E-state index in [2.05, 4.69) is 20.8 Å². The molecule has 0 amide bonds. The number of ketones is 5. The van der Waals surface area contributed by atoms with E-state index in [1.807, 2.05) is 100 Å². The predicted molar refractivity (Wildman–Crippen MR) is 302 cm³/mol. The number of carbonyl (C=O) groups excluding carboxylic acids is 6. The summed E-state index contributed by atoms with van der Waals surface area (Å²) in [5.74, 6) is -0.681. The van der Waals surface area contributed by atoms with Crippen LogP contribution in [0.5, 0.6) is 0 Å². The Hall–Kier alpha value is -3.72. The summed E-state index contributed by atoms with van der Waals surface area (Å²) >= 11 is 0. The summed E-state index contributed by atoms with van der Waals surface area (Å²) in [4.78, 5) is 78.2. The molecule has 0 aliphatic heterocycles. The summed E-state index contributed by atoms with van der Waals surface area (Å²) in [5, 5.41) is 0. The van der Waals surface area contributed by atoms with Gasteiger partial charge in [-0.2, -0.15) is 0 Å². The van der Waals surface area contributed by atoms with Gasteiger partial charge >= 0.3 is 5.97 Å². The van der Waals surface area contributed by atoms with Crippen molar-refractivity contribution in [3.8, 4) is 0 Å². The van der Waals surface area contributed by atoms with Crippen LogP contribution in [0.4, 0.5) is 0 Å². The molecule has 0 aliphatic carbocycles. The highest BCUT2D eigenvalue weighted by Crippen LogP contribution is 2.40. The van der Waals surface area contributed by atoms with Crippen molar-refractivity contribution in [3.63, 3.8) is 0 Å². The van der Waals surface area contributed by atoms with Crippen molar-refractivity contribution in [1.29, 1.82) is 0 Å². The molecule has 0 N–H and O–H groups in total. The van der Waals surface area contributed by atoms with Crippen LogP contribution >= 0.6 is 0 Å². The average molecular weight is 1070 g/mol. The highest BCUT2D eigenvalue weighted by atomic mass is 16.6. The predicted octanol–water partition coefficient (Wildman–Crippen LogP) is 13.2. The van der Waals surface area contributed by atoms with Crippen LogP contribution < -0.4 is 0 Å². The Balaban J connectivity index is 2.56. The lowest BCUT2D eigenvalue weighted by Gasteiger charge is -2.42. The second kappa shape index (κ2) is 32.4. The maximum absolute atomic E-state index is 13.5. The highest BCUT2D eigenvalue weighted by Gasteiger charge is 2.46. The van der Waals surface area contributed by atoms with E-state index in [-0.39, 0.29) is 85.0 Å². The van der Waals surface area contributed by atoms with E-state index in [4.69, 9.17) is 33.2 Å². The zero-order chi connectivity index (χ0) is 58.3. The van der Waals surface area contributed by atoms with E-state index >= 15 is 0 Å². The molecule has 434 valence electrons. The number of hydrogen-bond acceptors (Lipinski definition) is 13. The lowest BCUT2D eigenvalue weighted by atomic mass is 9.70. The summed E-state index contributed by atoms with van der Waals surface area (Å²) < 4.78 is 41.6.